The Labute approximate surface area is 111 Å². The summed E-state index contributed by atoms with van der Waals surface area (Å²) in [6, 6.07) is 10.2. The quantitative estimate of drug-likeness (QED) is 0.736. The van der Waals surface area contributed by atoms with Crippen LogP contribution in [0.3, 0.4) is 0 Å². The Morgan fingerprint density at radius 3 is 2.89 bits per heavy atom. The number of nitrogens with one attached hydrogen (secondary N) is 2. The van der Waals surface area contributed by atoms with Crippen molar-refractivity contribution in [2.24, 2.45) is 0 Å². The molecule has 5 heteroatoms. The fourth-order valence-corrected chi connectivity index (χ4v) is 1.64. The summed E-state index contributed by atoms with van der Waals surface area (Å²) in [5, 5.41) is 3.32. The van der Waals surface area contributed by atoms with Gasteiger partial charge in [0.05, 0.1) is 6.61 Å². The lowest BCUT2D eigenvalue weighted by atomic mass is 10.2. The molecule has 1 heterocycles. The summed E-state index contributed by atoms with van der Waals surface area (Å²) < 4.78 is 5.29. The highest BCUT2D eigenvalue weighted by atomic mass is 16.5. The van der Waals surface area contributed by atoms with Crippen LogP contribution in [-0.2, 0) is 6.54 Å². The van der Waals surface area contributed by atoms with Crippen molar-refractivity contribution in [3.05, 3.63) is 58.6 Å². The molecule has 2 rings (SSSR count). The van der Waals surface area contributed by atoms with E-state index in [-0.39, 0.29) is 11.4 Å². The molecule has 2 N–H and O–H groups in total. The van der Waals surface area contributed by atoms with Crippen LogP contribution in [0.2, 0.25) is 0 Å². The van der Waals surface area contributed by atoms with Crippen LogP contribution in [0.1, 0.15) is 12.0 Å². The maximum absolute atomic E-state index is 11.3. The van der Waals surface area contributed by atoms with Gasteiger partial charge in [0.15, 0.2) is 0 Å². The van der Waals surface area contributed by atoms with Crippen LogP contribution in [0.4, 0.5) is 0 Å². The van der Waals surface area contributed by atoms with Crippen LogP contribution >= 0.6 is 0 Å². The van der Waals surface area contributed by atoms with Crippen molar-refractivity contribution in [3.63, 3.8) is 0 Å². The first-order chi connectivity index (χ1) is 9.36. The van der Waals surface area contributed by atoms with Crippen LogP contribution in [0.25, 0.3) is 0 Å². The van der Waals surface area contributed by atoms with Crippen LogP contribution in [0, 0.1) is 0 Å². The van der Waals surface area contributed by atoms with E-state index in [1.54, 1.807) is 0 Å². The molecule has 0 fully saturated rings. The fraction of sp³-hybridized carbons (Fsp3) is 0.286. The van der Waals surface area contributed by atoms with E-state index in [4.69, 9.17) is 4.74 Å². The number of aromatic amines is 1. The molecule has 0 spiro atoms. The second-order valence-electron chi connectivity index (χ2n) is 4.09. The van der Waals surface area contributed by atoms with E-state index >= 15 is 0 Å². The molecule has 0 amide bonds. The summed E-state index contributed by atoms with van der Waals surface area (Å²) in [4.78, 5) is 17.6. The van der Waals surface area contributed by atoms with Gasteiger partial charge in [0.1, 0.15) is 0 Å². The molecule has 0 saturated carbocycles. The molecule has 0 radical (unpaired) electrons. The first kappa shape index (κ1) is 13.3. The lowest BCUT2D eigenvalue weighted by Gasteiger charge is -2.06. The van der Waals surface area contributed by atoms with Gasteiger partial charge in [-0.15, -0.1) is 0 Å². The van der Waals surface area contributed by atoms with Crippen LogP contribution in [0.5, 0.6) is 5.88 Å². The van der Waals surface area contributed by atoms with E-state index in [9.17, 15) is 4.79 Å². The molecule has 0 atom stereocenters. The zero-order valence-corrected chi connectivity index (χ0v) is 10.6. The standard InChI is InChI=1S/C14H17N3O2/c18-13-14(17-9-8-16-13)19-10-4-7-15-11-12-5-2-1-3-6-12/h1-3,5-6,8-9,15H,4,7,10-11H2,(H,16,18). The summed E-state index contributed by atoms with van der Waals surface area (Å²) in [5.41, 5.74) is 0.962. The molecule has 0 aliphatic heterocycles. The molecule has 0 bridgehead atoms. The molecule has 100 valence electrons. The van der Waals surface area contributed by atoms with E-state index in [2.05, 4.69) is 27.4 Å². The highest BCUT2D eigenvalue weighted by Crippen LogP contribution is 1.97. The van der Waals surface area contributed by atoms with Gasteiger partial charge in [-0.05, 0) is 18.5 Å². The number of H-pyrrole nitrogens is 1. The van der Waals surface area contributed by atoms with Crippen LogP contribution in [0.15, 0.2) is 47.5 Å². The van der Waals surface area contributed by atoms with Crippen molar-refractivity contribution < 1.29 is 4.74 Å². The lowest BCUT2D eigenvalue weighted by molar-refractivity contribution is 0.292. The molecule has 0 unspecified atom stereocenters. The molecule has 0 aliphatic rings. The molecule has 1 aromatic carbocycles. The van der Waals surface area contributed by atoms with Crippen molar-refractivity contribution >= 4 is 0 Å². The van der Waals surface area contributed by atoms with E-state index in [1.807, 2.05) is 18.2 Å². The second kappa shape index (κ2) is 7.33. The second-order valence-corrected chi connectivity index (χ2v) is 4.09. The van der Waals surface area contributed by atoms with Crippen molar-refractivity contribution in [2.45, 2.75) is 13.0 Å². The molecule has 0 saturated heterocycles. The lowest BCUT2D eigenvalue weighted by Crippen LogP contribution is -2.19. The monoisotopic (exact) mass is 259 g/mol. The van der Waals surface area contributed by atoms with Gasteiger partial charge in [-0.25, -0.2) is 4.98 Å². The molecular formula is C14H17N3O2. The Bertz CT molecular complexity index is 540. The summed E-state index contributed by atoms with van der Waals surface area (Å²) in [5.74, 6) is 0.130. The van der Waals surface area contributed by atoms with Gasteiger partial charge in [-0.2, -0.15) is 0 Å². The normalized spacial score (nSPS) is 10.3. The zero-order chi connectivity index (χ0) is 13.3. The van der Waals surface area contributed by atoms with Gasteiger partial charge in [0, 0.05) is 18.9 Å². The Kier molecular flexibility index (Phi) is 5.13. The molecule has 0 aliphatic carbocycles. The van der Waals surface area contributed by atoms with Crippen LogP contribution < -0.4 is 15.6 Å². The van der Waals surface area contributed by atoms with Crippen molar-refractivity contribution in [2.75, 3.05) is 13.2 Å². The molecule has 2 aromatic rings. The number of nitrogens with zero attached hydrogens (tertiary/aromatic N) is 1. The first-order valence-electron chi connectivity index (χ1n) is 6.27. The average molecular weight is 259 g/mol. The van der Waals surface area contributed by atoms with Crippen molar-refractivity contribution in [3.8, 4) is 5.88 Å². The predicted molar refractivity (Wildman–Crippen MR) is 73.1 cm³/mol. The average Bonchev–Trinajstić information content (AvgIpc) is 2.45. The third-order valence-electron chi connectivity index (χ3n) is 2.58. The number of benzene rings is 1. The summed E-state index contributed by atoms with van der Waals surface area (Å²) in [6.45, 7) is 2.15. The van der Waals surface area contributed by atoms with Gasteiger partial charge < -0.3 is 15.0 Å². The van der Waals surface area contributed by atoms with Gasteiger partial charge in [-0.3, -0.25) is 4.79 Å². The first-order valence-corrected chi connectivity index (χ1v) is 6.27. The summed E-state index contributed by atoms with van der Waals surface area (Å²) >= 11 is 0. The Morgan fingerprint density at radius 1 is 1.26 bits per heavy atom. The zero-order valence-electron chi connectivity index (χ0n) is 10.6. The van der Waals surface area contributed by atoms with Crippen molar-refractivity contribution in [1.82, 2.24) is 15.3 Å². The minimum absolute atomic E-state index is 0.130. The van der Waals surface area contributed by atoms with E-state index < -0.39 is 0 Å². The third kappa shape index (κ3) is 4.56. The molecule has 5 nitrogen and oxygen atoms in total. The SMILES string of the molecule is O=c1[nH]ccnc1OCCCNCc1ccccc1. The van der Waals surface area contributed by atoms with Gasteiger partial charge in [-0.1, -0.05) is 30.3 Å². The Hall–Kier alpha value is -2.14. The number of hydrogen-bond donors (Lipinski definition) is 2. The van der Waals surface area contributed by atoms with Gasteiger partial charge in [0.2, 0.25) is 0 Å². The minimum Gasteiger partial charge on any atom is -0.474 e. The number of aromatic nitrogens is 2. The largest absolute Gasteiger partial charge is 0.474 e. The fourth-order valence-electron chi connectivity index (χ4n) is 1.64. The molecule has 19 heavy (non-hydrogen) atoms. The summed E-state index contributed by atoms with van der Waals surface area (Å²) in [6.07, 6.45) is 3.81. The number of rotatable bonds is 7. The van der Waals surface area contributed by atoms with E-state index in [0.29, 0.717) is 6.61 Å². The smallest absolute Gasteiger partial charge is 0.310 e. The third-order valence-corrected chi connectivity index (χ3v) is 2.58. The van der Waals surface area contributed by atoms with E-state index in [1.165, 1.54) is 18.0 Å². The highest BCUT2D eigenvalue weighted by Gasteiger charge is 1.99. The predicted octanol–water partition coefficient (Wildman–Crippen LogP) is 1.33. The van der Waals surface area contributed by atoms with E-state index in [0.717, 1.165) is 19.5 Å². The Balaban J connectivity index is 1.60. The minimum atomic E-state index is -0.292. The van der Waals surface area contributed by atoms with Crippen molar-refractivity contribution in [1.29, 1.82) is 0 Å². The maximum atomic E-state index is 11.3. The molecule has 1 aromatic heterocycles. The topological polar surface area (TPSA) is 67.0 Å². The van der Waals surface area contributed by atoms with Crippen LogP contribution in [-0.4, -0.2) is 23.1 Å². The molecular weight excluding hydrogens is 242 g/mol. The van der Waals surface area contributed by atoms with Gasteiger partial charge in [0.25, 0.3) is 5.88 Å². The summed E-state index contributed by atoms with van der Waals surface area (Å²) in [7, 11) is 0. The number of hydrogen-bond acceptors (Lipinski definition) is 4. The Morgan fingerprint density at radius 2 is 2.11 bits per heavy atom. The van der Waals surface area contributed by atoms with Gasteiger partial charge >= 0.3 is 5.56 Å². The maximum Gasteiger partial charge on any atom is 0.310 e. The highest BCUT2D eigenvalue weighted by molar-refractivity contribution is 5.14. The number of ether oxygens (including phenoxy) is 1.